The van der Waals surface area contributed by atoms with E-state index in [4.69, 9.17) is 9.99 Å². The van der Waals surface area contributed by atoms with Crippen molar-refractivity contribution in [1.29, 1.82) is 0 Å². The van der Waals surface area contributed by atoms with Crippen LogP contribution in [0.3, 0.4) is 0 Å². The number of allylic oxidation sites excluding steroid dienone is 3. The molecule has 1 aliphatic rings. The van der Waals surface area contributed by atoms with Crippen LogP contribution in [0.25, 0.3) is 0 Å². The van der Waals surface area contributed by atoms with E-state index >= 15 is 0 Å². The number of carbonyl (C=O) groups is 2. The fourth-order valence-electron chi connectivity index (χ4n) is 2.20. The Hall–Kier alpha value is -1.46. The largest absolute Gasteiger partial charge is 0.463 e. The van der Waals surface area contributed by atoms with Gasteiger partial charge in [0.25, 0.3) is 0 Å². The first-order valence-corrected chi connectivity index (χ1v) is 7.37. The van der Waals surface area contributed by atoms with Crippen LogP contribution in [0, 0.1) is 5.92 Å². The van der Waals surface area contributed by atoms with Crippen molar-refractivity contribution in [1.82, 2.24) is 0 Å². The highest BCUT2D eigenvalue weighted by molar-refractivity contribution is 5.98. The Morgan fingerprint density at radius 1 is 1.48 bits per heavy atom. The summed E-state index contributed by atoms with van der Waals surface area (Å²) in [6.45, 7) is 3.83. The predicted molar refractivity (Wildman–Crippen MR) is 78.6 cm³/mol. The minimum Gasteiger partial charge on any atom is -0.463 e. The van der Waals surface area contributed by atoms with Crippen LogP contribution in [0.15, 0.2) is 23.8 Å². The van der Waals surface area contributed by atoms with E-state index in [1.807, 2.05) is 32.1 Å². The summed E-state index contributed by atoms with van der Waals surface area (Å²) in [6.07, 6.45) is 8.68. The maximum atomic E-state index is 11.7. The molecule has 0 aromatic heterocycles. The molecule has 0 aliphatic heterocycles. The summed E-state index contributed by atoms with van der Waals surface area (Å²) in [4.78, 5) is 27.0. The van der Waals surface area contributed by atoms with Crippen LogP contribution in [-0.4, -0.2) is 29.7 Å². The molecule has 0 aromatic rings. The number of hydrogen-bond donors (Lipinski definition) is 1. The van der Waals surface area contributed by atoms with E-state index in [2.05, 4.69) is 4.89 Å². The predicted octanol–water partition coefficient (Wildman–Crippen LogP) is 3.06. The van der Waals surface area contributed by atoms with Gasteiger partial charge >= 0.3 is 5.97 Å². The van der Waals surface area contributed by atoms with Gasteiger partial charge in [0.05, 0.1) is 12.7 Å². The molecule has 0 aromatic carbocycles. The lowest BCUT2D eigenvalue weighted by molar-refractivity contribution is -0.247. The van der Waals surface area contributed by atoms with E-state index in [1.54, 1.807) is 0 Å². The van der Waals surface area contributed by atoms with Crippen LogP contribution >= 0.6 is 0 Å². The summed E-state index contributed by atoms with van der Waals surface area (Å²) in [6, 6.07) is 0. The molecule has 1 rings (SSSR count). The van der Waals surface area contributed by atoms with Crippen molar-refractivity contribution in [2.75, 3.05) is 6.61 Å². The first-order chi connectivity index (χ1) is 10.0. The first kappa shape index (κ1) is 17.6. The molecule has 0 spiro atoms. The molecule has 0 bridgehead atoms. The lowest BCUT2D eigenvalue weighted by Crippen LogP contribution is -2.10. The van der Waals surface area contributed by atoms with Crippen molar-refractivity contribution < 1.29 is 24.5 Å². The number of ketones is 1. The molecule has 5 nitrogen and oxygen atoms in total. The van der Waals surface area contributed by atoms with Gasteiger partial charge in [0.2, 0.25) is 0 Å². The van der Waals surface area contributed by atoms with Crippen molar-refractivity contribution in [2.24, 2.45) is 5.92 Å². The van der Waals surface area contributed by atoms with Crippen LogP contribution in [0.2, 0.25) is 0 Å². The quantitative estimate of drug-likeness (QED) is 0.233. The molecule has 0 heterocycles. The average Bonchev–Trinajstić information content (AvgIpc) is 2.73. The van der Waals surface area contributed by atoms with Crippen LogP contribution in [-0.2, 0) is 19.2 Å². The van der Waals surface area contributed by atoms with Gasteiger partial charge in [-0.15, -0.1) is 0 Å². The second-order valence-electron chi connectivity index (χ2n) is 5.48. The van der Waals surface area contributed by atoms with Gasteiger partial charge in [-0.3, -0.25) is 14.8 Å². The number of hydrogen-bond acceptors (Lipinski definition) is 5. The fraction of sp³-hybridized carbons (Fsp3) is 0.625. The van der Waals surface area contributed by atoms with E-state index < -0.39 is 0 Å². The number of ether oxygens (including phenoxy) is 1. The Bertz CT molecular complexity index is 409. The zero-order valence-electron chi connectivity index (χ0n) is 12.7. The van der Waals surface area contributed by atoms with E-state index in [9.17, 15) is 9.59 Å². The zero-order valence-corrected chi connectivity index (χ0v) is 12.7. The highest BCUT2D eigenvalue weighted by Gasteiger charge is 2.23. The molecule has 0 fully saturated rings. The summed E-state index contributed by atoms with van der Waals surface area (Å²) in [7, 11) is 0. The number of Topliss-reactive ketones (excluding diaryl/α,β-unsaturated/α-hetero) is 1. The summed E-state index contributed by atoms with van der Waals surface area (Å²) in [5.74, 6) is -0.0714. The third-order valence-corrected chi connectivity index (χ3v) is 3.15. The van der Waals surface area contributed by atoms with Gasteiger partial charge in [-0.25, -0.2) is 4.89 Å². The molecule has 118 valence electrons. The Balaban J connectivity index is 2.19. The van der Waals surface area contributed by atoms with Gasteiger partial charge in [-0.2, -0.15) is 0 Å². The monoisotopic (exact) mass is 296 g/mol. The van der Waals surface area contributed by atoms with Gasteiger partial charge in [-0.1, -0.05) is 18.2 Å². The molecule has 1 N–H and O–H groups in total. The second kappa shape index (κ2) is 9.47. The van der Waals surface area contributed by atoms with Gasteiger partial charge < -0.3 is 4.74 Å². The Kier molecular flexibility index (Phi) is 7.93. The maximum Gasteiger partial charge on any atom is 0.306 e. The number of rotatable bonds is 9. The summed E-state index contributed by atoms with van der Waals surface area (Å²) in [5, 5.41) is 8.38. The Morgan fingerprint density at radius 3 is 2.90 bits per heavy atom. The van der Waals surface area contributed by atoms with Gasteiger partial charge in [0.15, 0.2) is 5.78 Å². The van der Waals surface area contributed by atoms with Crippen molar-refractivity contribution in [3.05, 3.63) is 23.8 Å². The van der Waals surface area contributed by atoms with Gasteiger partial charge in [-0.05, 0) is 38.7 Å². The molecule has 21 heavy (non-hydrogen) atoms. The minimum atomic E-state index is -0.168. The summed E-state index contributed by atoms with van der Waals surface area (Å²) >= 11 is 0. The first-order valence-electron chi connectivity index (χ1n) is 7.37. The third kappa shape index (κ3) is 7.20. The lowest BCUT2D eigenvalue weighted by Gasteiger charge is -2.06. The van der Waals surface area contributed by atoms with Gasteiger partial charge in [0.1, 0.15) is 0 Å². The summed E-state index contributed by atoms with van der Waals surface area (Å²) < 4.78 is 5.04. The molecule has 0 unspecified atom stereocenters. The highest BCUT2D eigenvalue weighted by Crippen LogP contribution is 2.23. The van der Waals surface area contributed by atoms with Crippen LogP contribution in [0.5, 0.6) is 0 Å². The minimum absolute atomic E-state index is 0.0169. The normalized spacial score (nSPS) is 18.6. The van der Waals surface area contributed by atoms with E-state index in [1.165, 1.54) is 0 Å². The highest BCUT2D eigenvalue weighted by atomic mass is 17.1. The molecule has 0 saturated carbocycles. The SMILES string of the molecule is CC(C)OC(=O)CCCC=CCC1=C[C@H](COO)CC1=O. The second-order valence-corrected chi connectivity index (χ2v) is 5.48. The van der Waals surface area contributed by atoms with E-state index in [0.29, 0.717) is 19.3 Å². The number of carbonyl (C=O) groups excluding carboxylic acids is 2. The van der Waals surface area contributed by atoms with Crippen molar-refractivity contribution in [3.63, 3.8) is 0 Å². The topological polar surface area (TPSA) is 72.8 Å². The number of unbranched alkanes of at least 4 members (excludes halogenated alkanes) is 1. The molecule has 5 heteroatoms. The van der Waals surface area contributed by atoms with Crippen LogP contribution in [0.4, 0.5) is 0 Å². The molecule has 0 radical (unpaired) electrons. The summed E-state index contributed by atoms with van der Waals surface area (Å²) in [5.41, 5.74) is 0.771. The van der Waals surface area contributed by atoms with Crippen LogP contribution < -0.4 is 0 Å². The molecule has 1 aliphatic carbocycles. The molecule has 1 atom stereocenters. The van der Waals surface area contributed by atoms with E-state index in [0.717, 1.165) is 18.4 Å². The Labute approximate surface area is 125 Å². The average molecular weight is 296 g/mol. The van der Waals surface area contributed by atoms with Gasteiger partial charge in [0, 0.05) is 18.8 Å². The van der Waals surface area contributed by atoms with Crippen molar-refractivity contribution in [3.8, 4) is 0 Å². The standard InChI is InChI=1S/C16H24O5/c1-12(2)21-16(18)8-6-4-3-5-7-14-9-13(11-20-19)10-15(14)17/h3,5,9,12-13,19H,4,6-8,10-11H2,1-2H3/t13-/m0/s1. The maximum absolute atomic E-state index is 11.7. The third-order valence-electron chi connectivity index (χ3n) is 3.15. The molecular formula is C16H24O5. The Morgan fingerprint density at radius 2 is 2.24 bits per heavy atom. The molecular weight excluding hydrogens is 272 g/mol. The zero-order chi connectivity index (χ0) is 15.7. The van der Waals surface area contributed by atoms with Crippen LogP contribution in [0.1, 0.15) is 46.0 Å². The van der Waals surface area contributed by atoms with E-state index in [-0.39, 0.29) is 30.4 Å². The smallest absolute Gasteiger partial charge is 0.306 e. The fourth-order valence-corrected chi connectivity index (χ4v) is 2.20. The van der Waals surface area contributed by atoms with Crippen molar-refractivity contribution in [2.45, 2.75) is 52.1 Å². The molecule has 0 saturated heterocycles. The van der Waals surface area contributed by atoms with Crippen molar-refractivity contribution >= 4 is 11.8 Å². The lowest BCUT2D eigenvalue weighted by atomic mass is 10.1. The number of esters is 1. The molecule has 0 amide bonds.